The van der Waals surface area contributed by atoms with E-state index in [0.717, 1.165) is 0 Å². The van der Waals surface area contributed by atoms with Crippen LogP contribution in [0.5, 0.6) is 0 Å². The molecule has 1 unspecified atom stereocenters. The van der Waals surface area contributed by atoms with Crippen LogP contribution >= 0.6 is 0 Å². The highest BCUT2D eigenvalue weighted by molar-refractivity contribution is 5.95. The van der Waals surface area contributed by atoms with E-state index in [2.05, 4.69) is 4.74 Å². The number of hydrogen-bond acceptors (Lipinski definition) is 3. The van der Waals surface area contributed by atoms with Crippen molar-refractivity contribution >= 4 is 11.9 Å². The molecule has 3 nitrogen and oxygen atoms in total. The first-order chi connectivity index (χ1) is 4.91. The summed E-state index contributed by atoms with van der Waals surface area (Å²) < 4.78 is 17.2. The van der Waals surface area contributed by atoms with Gasteiger partial charge in [0.1, 0.15) is 11.6 Å². The summed E-state index contributed by atoms with van der Waals surface area (Å²) in [6.45, 7) is 2.52. The normalized spacial score (nSPS) is 25.5. The molecule has 0 N–H and O–H groups in total. The smallest absolute Gasteiger partial charge is 0.320 e. The van der Waals surface area contributed by atoms with Gasteiger partial charge in [0.05, 0.1) is 6.42 Å². The molecule has 0 spiro atoms. The van der Waals surface area contributed by atoms with E-state index in [1.54, 1.807) is 0 Å². The summed E-state index contributed by atoms with van der Waals surface area (Å²) in [4.78, 5) is 21.2. The lowest BCUT2D eigenvalue weighted by atomic mass is 9.92. The molecule has 0 aliphatic carbocycles. The number of rotatable bonds is 1. The minimum absolute atomic E-state index is 0.137. The SMILES string of the molecule is CC(C)(F)C1CC(=O)OC1=O. The second-order valence-corrected chi connectivity index (χ2v) is 3.11. The van der Waals surface area contributed by atoms with Crippen molar-refractivity contribution in [1.82, 2.24) is 0 Å². The van der Waals surface area contributed by atoms with Crippen molar-refractivity contribution < 1.29 is 18.7 Å². The van der Waals surface area contributed by atoms with Gasteiger partial charge in [-0.25, -0.2) is 4.39 Å². The molecule has 0 aromatic heterocycles. The second-order valence-electron chi connectivity index (χ2n) is 3.11. The van der Waals surface area contributed by atoms with E-state index in [9.17, 15) is 14.0 Å². The topological polar surface area (TPSA) is 43.4 Å². The molecular formula is C7H9FO3. The van der Waals surface area contributed by atoms with Crippen molar-refractivity contribution in [3.8, 4) is 0 Å². The molecule has 62 valence electrons. The summed E-state index contributed by atoms with van der Waals surface area (Å²) in [5, 5.41) is 0. The van der Waals surface area contributed by atoms with Gasteiger partial charge < -0.3 is 4.74 Å². The van der Waals surface area contributed by atoms with E-state index in [1.807, 2.05) is 0 Å². The van der Waals surface area contributed by atoms with Crippen LogP contribution in [0.1, 0.15) is 20.3 Å². The largest absolute Gasteiger partial charge is 0.393 e. The summed E-state index contributed by atoms with van der Waals surface area (Å²) in [5.74, 6) is -2.30. The van der Waals surface area contributed by atoms with Crippen LogP contribution < -0.4 is 0 Å². The molecule has 1 heterocycles. The zero-order valence-corrected chi connectivity index (χ0v) is 6.39. The molecule has 1 rings (SSSR count). The Hall–Kier alpha value is -0.930. The lowest BCUT2D eigenvalue weighted by Gasteiger charge is -2.17. The summed E-state index contributed by atoms with van der Waals surface area (Å²) in [7, 11) is 0. The summed E-state index contributed by atoms with van der Waals surface area (Å²) >= 11 is 0. The van der Waals surface area contributed by atoms with Gasteiger partial charge in [0, 0.05) is 0 Å². The molecule has 0 aromatic rings. The van der Waals surface area contributed by atoms with Gasteiger partial charge in [0.15, 0.2) is 0 Å². The maximum absolute atomic E-state index is 13.1. The number of alkyl halides is 1. The van der Waals surface area contributed by atoms with Crippen LogP contribution in [-0.4, -0.2) is 17.6 Å². The van der Waals surface area contributed by atoms with Gasteiger partial charge in [-0.3, -0.25) is 9.59 Å². The molecule has 1 atom stereocenters. The average Bonchev–Trinajstić information content (AvgIpc) is 2.08. The second kappa shape index (κ2) is 2.29. The minimum Gasteiger partial charge on any atom is -0.393 e. The predicted octanol–water partition coefficient (Wildman–Crippen LogP) is 0.824. The molecular weight excluding hydrogens is 151 g/mol. The fourth-order valence-electron chi connectivity index (χ4n) is 0.998. The highest BCUT2D eigenvalue weighted by Gasteiger charge is 2.44. The zero-order chi connectivity index (χ0) is 8.65. The van der Waals surface area contributed by atoms with Gasteiger partial charge >= 0.3 is 11.9 Å². The van der Waals surface area contributed by atoms with Crippen molar-refractivity contribution in [2.75, 3.05) is 0 Å². The monoisotopic (exact) mass is 160 g/mol. The number of esters is 2. The zero-order valence-electron chi connectivity index (χ0n) is 6.39. The van der Waals surface area contributed by atoms with Gasteiger partial charge in [-0.15, -0.1) is 0 Å². The van der Waals surface area contributed by atoms with Gasteiger partial charge in [-0.2, -0.15) is 0 Å². The molecule has 1 saturated heterocycles. The number of hydrogen-bond donors (Lipinski definition) is 0. The van der Waals surface area contributed by atoms with E-state index in [0.29, 0.717) is 0 Å². The molecule has 4 heteroatoms. The van der Waals surface area contributed by atoms with Gasteiger partial charge in [0.25, 0.3) is 0 Å². The molecule has 1 aliphatic heterocycles. The van der Waals surface area contributed by atoms with Crippen molar-refractivity contribution in [1.29, 1.82) is 0 Å². The number of carbonyl (C=O) groups is 2. The third kappa shape index (κ3) is 1.56. The fourth-order valence-corrected chi connectivity index (χ4v) is 0.998. The van der Waals surface area contributed by atoms with E-state index < -0.39 is 23.5 Å². The third-order valence-corrected chi connectivity index (χ3v) is 1.70. The quantitative estimate of drug-likeness (QED) is 0.421. The number of ether oxygens (including phenoxy) is 1. The van der Waals surface area contributed by atoms with Crippen molar-refractivity contribution in [2.24, 2.45) is 5.92 Å². The van der Waals surface area contributed by atoms with Crippen LogP contribution in [0, 0.1) is 5.92 Å². The summed E-state index contributed by atoms with van der Waals surface area (Å²) in [6, 6.07) is 0. The van der Waals surface area contributed by atoms with Crippen LogP contribution in [0.4, 0.5) is 4.39 Å². The molecule has 11 heavy (non-hydrogen) atoms. The van der Waals surface area contributed by atoms with Crippen LogP contribution in [0.15, 0.2) is 0 Å². The number of cyclic esters (lactones) is 2. The maximum Gasteiger partial charge on any atom is 0.320 e. The molecule has 0 radical (unpaired) electrons. The standard InChI is InChI=1S/C7H9FO3/c1-7(2,8)4-3-5(9)11-6(4)10/h4H,3H2,1-2H3. The Morgan fingerprint density at radius 1 is 1.55 bits per heavy atom. The van der Waals surface area contributed by atoms with E-state index in [-0.39, 0.29) is 6.42 Å². The van der Waals surface area contributed by atoms with E-state index in [4.69, 9.17) is 0 Å². The first-order valence-electron chi connectivity index (χ1n) is 3.34. The van der Waals surface area contributed by atoms with Crippen molar-refractivity contribution in [3.05, 3.63) is 0 Å². The molecule has 0 saturated carbocycles. The molecule has 1 aliphatic rings. The molecule has 0 amide bonds. The van der Waals surface area contributed by atoms with E-state index >= 15 is 0 Å². The van der Waals surface area contributed by atoms with Crippen LogP contribution in [0.25, 0.3) is 0 Å². The summed E-state index contributed by atoms with van der Waals surface area (Å²) in [6.07, 6.45) is -0.137. The lowest BCUT2D eigenvalue weighted by Crippen LogP contribution is -2.29. The predicted molar refractivity (Wildman–Crippen MR) is 34.4 cm³/mol. The first-order valence-corrected chi connectivity index (χ1v) is 3.34. The van der Waals surface area contributed by atoms with Crippen LogP contribution in [0.3, 0.4) is 0 Å². The molecule has 0 aromatic carbocycles. The third-order valence-electron chi connectivity index (χ3n) is 1.70. The fraction of sp³-hybridized carbons (Fsp3) is 0.714. The Bertz CT molecular complexity index is 204. The molecule has 1 fully saturated rings. The van der Waals surface area contributed by atoms with Crippen molar-refractivity contribution in [2.45, 2.75) is 25.9 Å². The van der Waals surface area contributed by atoms with Gasteiger partial charge in [-0.1, -0.05) is 0 Å². The Balaban J connectivity index is 2.76. The maximum atomic E-state index is 13.1. The highest BCUT2D eigenvalue weighted by Crippen LogP contribution is 2.30. The lowest BCUT2D eigenvalue weighted by molar-refractivity contribution is -0.154. The van der Waals surface area contributed by atoms with Crippen molar-refractivity contribution in [3.63, 3.8) is 0 Å². The Morgan fingerprint density at radius 3 is 2.27 bits per heavy atom. The van der Waals surface area contributed by atoms with Crippen LogP contribution in [-0.2, 0) is 14.3 Å². The Labute approximate surface area is 63.5 Å². The first kappa shape index (κ1) is 8.17. The highest BCUT2D eigenvalue weighted by atomic mass is 19.1. The number of halogens is 1. The van der Waals surface area contributed by atoms with Gasteiger partial charge in [-0.05, 0) is 13.8 Å². The summed E-state index contributed by atoms with van der Waals surface area (Å²) in [5.41, 5.74) is -1.66. The van der Waals surface area contributed by atoms with Gasteiger partial charge in [0.2, 0.25) is 0 Å². The van der Waals surface area contributed by atoms with Crippen LogP contribution in [0.2, 0.25) is 0 Å². The Morgan fingerprint density at radius 2 is 2.09 bits per heavy atom. The average molecular weight is 160 g/mol. The minimum atomic E-state index is -1.66. The van der Waals surface area contributed by atoms with E-state index in [1.165, 1.54) is 13.8 Å². The molecule has 0 bridgehead atoms. The Kier molecular flexibility index (Phi) is 1.70. The number of carbonyl (C=O) groups excluding carboxylic acids is 2.